The van der Waals surface area contributed by atoms with E-state index in [0.717, 1.165) is 22.3 Å². The molecular formula is C19H21N3O3. The smallest absolute Gasteiger partial charge is 0.355 e. The van der Waals surface area contributed by atoms with Crippen LogP contribution < -0.4 is 5.32 Å². The number of aryl methyl sites for hydroxylation is 2. The lowest BCUT2D eigenvalue weighted by Gasteiger charge is -2.10. The predicted molar refractivity (Wildman–Crippen MR) is 96.7 cm³/mol. The number of hydrogen-bond donors (Lipinski definition) is 1. The summed E-state index contributed by atoms with van der Waals surface area (Å²) in [6.07, 6.45) is 1.90. The van der Waals surface area contributed by atoms with E-state index in [1.165, 1.54) is 0 Å². The van der Waals surface area contributed by atoms with E-state index < -0.39 is 5.97 Å². The first-order chi connectivity index (χ1) is 12.0. The zero-order valence-electron chi connectivity index (χ0n) is 14.6. The van der Waals surface area contributed by atoms with Gasteiger partial charge in [-0.3, -0.25) is 4.79 Å². The summed E-state index contributed by atoms with van der Waals surface area (Å²) in [6.45, 7) is 4.05. The maximum absolute atomic E-state index is 12.5. The first-order valence-electron chi connectivity index (χ1n) is 8.17. The van der Waals surface area contributed by atoms with Gasteiger partial charge in [0.15, 0.2) is 0 Å². The number of ether oxygens (including phenoxy) is 1. The minimum atomic E-state index is -0.429. The van der Waals surface area contributed by atoms with Crippen LogP contribution in [0.4, 0.5) is 5.69 Å². The molecule has 0 radical (unpaired) electrons. The Bertz CT molecular complexity index is 937. The first kappa shape index (κ1) is 16.8. The number of nitrogens with zero attached hydrogens (tertiary/aromatic N) is 2. The van der Waals surface area contributed by atoms with Crippen LogP contribution in [0.15, 0.2) is 42.6 Å². The molecule has 1 N–H and O–H groups in total. The molecule has 0 fully saturated rings. The Labute approximate surface area is 146 Å². The number of hydrogen-bond acceptors (Lipinski definition) is 3. The quantitative estimate of drug-likeness (QED) is 0.727. The minimum absolute atomic E-state index is 0.0373. The highest BCUT2D eigenvalue weighted by atomic mass is 16.5. The highest BCUT2D eigenvalue weighted by molar-refractivity contribution is 5.97. The van der Waals surface area contributed by atoms with Gasteiger partial charge < -0.3 is 19.2 Å². The van der Waals surface area contributed by atoms with Crippen LogP contribution in [-0.2, 0) is 23.1 Å². The van der Waals surface area contributed by atoms with Crippen molar-refractivity contribution in [1.82, 2.24) is 9.13 Å². The number of aromatic nitrogens is 2. The highest BCUT2D eigenvalue weighted by Gasteiger charge is 2.20. The molecule has 0 saturated heterocycles. The summed E-state index contributed by atoms with van der Waals surface area (Å²) in [4.78, 5) is 24.7. The summed E-state index contributed by atoms with van der Waals surface area (Å²) in [5.74, 6) is -0.625. The average Bonchev–Trinajstić information content (AvgIpc) is 3.09. The standard InChI is InChI=1S/C19H21N3O3/c1-4-25-19(24)17-11-16-15(8-9-21(16)3)22(17)12-18(23)20-14-7-5-6-13(2)10-14/h5-11H,4,12H2,1-3H3,(H,20,23). The van der Waals surface area contributed by atoms with Crippen LogP contribution in [0.25, 0.3) is 11.0 Å². The second-order valence-electron chi connectivity index (χ2n) is 5.95. The van der Waals surface area contributed by atoms with E-state index in [0.29, 0.717) is 5.69 Å². The molecule has 0 spiro atoms. The van der Waals surface area contributed by atoms with Gasteiger partial charge >= 0.3 is 5.97 Å². The van der Waals surface area contributed by atoms with Gasteiger partial charge in [-0.15, -0.1) is 0 Å². The summed E-state index contributed by atoms with van der Waals surface area (Å²) >= 11 is 0. The number of carbonyl (C=O) groups is 2. The largest absolute Gasteiger partial charge is 0.461 e. The van der Waals surface area contributed by atoms with Crippen molar-refractivity contribution in [3.63, 3.8) is 0 Å². The first-order valence-corrected chi connectivity index (χ1v) is 8.17. The molecule has 3 aromatic rings. The summed E-state index contributed by atoms with van der Waals surface area (Å²) in [5, 5.41) is 2.87. The molecule has 25 heavy (non-hydrogen) atoms. The molecule has 0 unspecified atom stereocenters. The Morgan fingerprint density at radius 3 is 2.68 bits per heavy atom. The second kappa shape index (κ2) is 6.84. The maximum atomic E-state index is 12.5. The number of carbonyl (C=O) groups excluding carboxylic acids is 2. The molecule has 0 atom stereocenters. The normalized spacial score (nSPS) is 10.8. The summed E-state index contributed by atoms with van der Waals surface area (Å²) in [5.41, 5.74) is 3.88. The number of rotatable bonds is 5. The fourth-order valence-corrected chi connectivity index (χ4v) is 2.88. The van der Waals surface area contributed by atoms with Crippen molar-refractivity contribution in [2.24, 2.45) is 7.05 Å². The van der Waals surface area contributed by atoms with Gasteiger partial charge in [-0.05, 0) is 43.7 Å². The molecule has 3 rings (SSSR count). The van der Waals surface area contributed by atoms with Gasteiger partial charge in [0.25, 0.3) is 0 Å². The molecule has 2 aromatic heterocycles. The van der Waals surface area contributed by atoms with Gasteiger partial charge in [-0.1, -0.05) is 12.1 Å². The number of nitrogens with one attached hydrogen (secondary N) is 1. The third-order valence-electron chi connectivity index (χ3n) is 4.04. The molecule has 0 aliphatic carbocycles. The molecule has 0 bridgehead atoms. The van der Waals surface area contributed by atoms with E-state index >= 15 is 0 Å². The van der Waals surface area contributed by atoms with E-state index in [4.69, 9.17) is 4.74 Å². The molecule has 0 aliphatic heterocycles. The van der Waals surface area contributed by atoms with Crippen molar-refractivity contribution in [3.8, 4) is 0 Å². The molecule has 6 nitrogen and oxygen atoms in total. The third-order valence-corrected chi connectivity index (χ3v) is 4.04. The number of anilines is 1. The number of esters is 1. The molecule has 2 heterocycles. The number of fused-ring (bicyclic) bond motifs is 1. The topological polar surface area (TPSA) is 65.3 Å². The van der Waals surface area contributed by atoms with E-state index in [1.807, 2.05) is 55.1 Å². The number of amides is 1. The van der Waals surface area contributed by atoms with Crippen LogP contribution in [0.2, 0.25) is 0 Å². The molecule has 0 aliphatic rings. The minimum Gasteiger partial charge on any atom is -0.461 e. The molecule has 6 heteroatoms. The lowest BCUT2D eigenvalue weighted by Crippen LogP contribution is -2.22. The van der Waals surface area contributed by atoms with E-state index in [9.17, 15) is 9.59 Å². The van der Waals surface area contributed by atoms with Crippen LogP contribution in [-0.4, -0.2) is 27.6 Å². The fraction of sp³-hybridized carbons (Fsp3) is 0.263. The van der Waals surface area contributed by atoms with Crippen molar-refractivity contribution in [2.75, 3.05) is 11.9 Å². The van der Waals surface area contributed by atoms with Gasteiger partial charge in [0.1, 0.15) is 12.2 Å². The van der Waals surface area contributed by atoms with E-state index in [2.05, 4.69) is 5.32 Å². The molecule has 0 saturated carbocycles. The van der Waals surface area contributed by atoms with Gasteiger partial charge in [-0.25, -0.2) is 4.79 Å². The van der Waals surface area contributed by atoms with Crippen molar-refractivity contribution in [3.05, 3.63) is 53.9 Å². The van der Waals surface area contributed by atoms with Crippen LogP contribution in [0.1, 0.15) is 23.0 Å². The van der Waals surface area contributed by atoms with Gasteiger partial charge in [0, 0.05) is 18.9 Å². The monoisotopic (exact) mass is 339 g/mol. The Morgan fingerprint density at radius 1 is 1.16 bits per heavy atom. The average molecular weight is 339 g/mol. The van der Waals surface area contributed by atoms with Crippen LogP contribution in [0, 0.1) is 6.92 Å². The van der Waals surface area contributed by atoms with Crippen LogP contribution in [0.3, 0.4) is 0 Å². The zero-order chi connectivity index (χ0) is 18.0. The van der Waals surface area contributed by atoms with Gasteiger partial charge in [-0.2, -0.15) is 0 Å². The fourth-order valence-electron chi connectivity index (χ4n) is 2.88. The lowest BCUT2D eigenvalue weighted by atomic mass is 10.2. The molecular weight excluding hydrogens is 318 g/mol. The van der Waals surface area contributed by atoms with Crippen LogP contribution >= 0.6 is 0 Å². The van der Waals surface area contributed by atoms with Crippen molar-refractivity contribution in [2.45, 2.75) is 20.4 Å². The maximum Gasteiger partial charge on any atom is 0.355 e. The second-order valence-corrected chi connectivity index (χ2v) is 5.95. The Balaban J connectivity index is 1.89. The van der Waals surface area contributed by atoms with Gasteiger partial charge in [0.05, 0.1) is 17.6 Å². The SMILES string of the molecule is CCOC(=O)c1cc2c(ccn2C)n1CC(=O)Nc1cccc(C)c1. The number of benzene rings is 1. The van der Waals surface area contributed by atoms with E-state index in [-0.39, 0.29) is 19.1 Å². The third kappa shape index (κ3) is 3.42. The molecule has 1 aromatic carbocycles. The predicted octanol–water partition coefficient (Wildman–Crippen LogP) is 3.10. The Hall–Kier alpha value is -3.02. The van der Waals surface area contributed by atoms with Gasteiger partial charge in [0.2, 0.25) is 5.91 Å². The lowest BCUT2D eigenvalue weighted by molar-refractivity contribution is -0.116. The van der Waals surface area contributed by atoms with Crippen molar-refractivity contribution in [1.29, 1.82) is 0 Å². The van der Waals surface area contributed by atoms with E-state index in [1.54, 1.807) is 17.6 Å². The van der Waals surface area contributed by atoms with Crippen molar-refractivity contribution >= 4 is 28.6 Å². The zero-order valence-corrected chi connectivity index (χ0v) is 14.6. The Morgan fingerprint density at radius 2 is 1.96 bits per heavy atom. The Kier molecular flexibility index (Phi) is 4.61. The molecule has 130 valence electrons. The van der Waals surface area contributed by atoms with Crippen molar-refractivity contribution < 1.29 is 14.3 Å². The molecule has 1 amide bonds. The summed E-state index contributed by atoms with van der Waals surface area (Å²) < 4.78 is 8.72. The van der Waals surface area contributed by atoms with Crippen LogP contribution in [0.5, 0.6) is 0 Å². The highest BCUT2D eigenvalue weighted by Crippen LogP contribution is 2.22. The summed E-state index contributed by atoms with van der Waals surface area (Å²) in [7, 11) is 1.90. The summed E-state index contributed by atoms with van der Waals surface area (Å²) in [6, 6.07) is 11.2.